The topological polar surface area (TPSA) is 45.2 Å². The van der Waals surface area contributed by atoms with E-state index in [-0.39, 0.29) is 30.6 Å². The quantitative estimate of drug-likeness (QED) is 0.636. The number of pyridine rings is 1. The van der Waals surface area contributed by atoms with E-state index in [4.69, 9.17) is 0 Å². The van der Waals surface area contributed by atoms with Crippen molar-refractivity contribution in [3.8, 4) is 5.75 Å². The molecule has 0 aliphatic heterocycles. The average Bonchev–Trinajstić information content (AvgIpc) is 2.42. The Morgan fingerprint density at radius 3 is 2.36 bits per heavy atom. The normalized spacial score (nSPS) is 9.73. The van der Waals surface area contributed by atoms with Gasteiger partial charge in [-0.3, -0.25) is 4.98 Å². The van der Waals surface area contributed by atoms with Gasteiger partial charge >= 0.3 is 0 Å². The first kappa shape index (κ1) is 18.1. The Labute approximate surface area is 142 Å². The summed E-state index contributed by atoms with van der Waals surface area (Å²) in [6, 6.07) is 15.4. The van der Waals surface area contributed by atoms with Crippen molar-refractivity contribution in [1.29, 1.82) is 0 Å². The summed E-state index contributed by atoms with van der Waals surface area (Å²) in [6.07, 6.45) is 0. The minimum Gasteiger partial charge on any atom is -0.506 e. The van der Waals surface area contributed by atoms with Gasteiger partial charge in [0.25, 0.3) is 0 Å². The maximum Gasteiger partial charge on any atom is 0.139 e. The molecule has 3 nitrogen and oxygen atoms in total. The van der Waals surface area contributed by atoms with Crippen LogP contribution in [0.3, 0.4) is 0 Å². The van der Waals surface area contributed by atoms with E-state index in [9.17, 15) is 5.11 Å². The zero-order valence-corrected chi connectivity index (χ0v) is 14.0. The molecule has 2 N–H and O–H groups in total. The molecule has 1 aromatic heterocycles. The number of anilines is 2. The van der Waals surface area contributed by atoms with Crippen LogP contribution in [-0.2, 0) is 0 Å². The van der Waals surface area contributed by atoms with Gasteiger partial charge in [0.1, 0.15) is 5.75 Å². The van der Waals surface area contributed by atoms with Gasteiger partial charge in [-0.1, -0.05) is 23.8 Å². The minimum absolute atomic E-state index is 0. The Bertz CT molecular complexity index is 791. The number of nitrogens with one attached hydrogen (secondary N) is 1. The molecule has 5 heteroatoms. The molecule has 3 rings (SSSR count). The van der Waals surface area contributed by atoms with Crippen LogP contribution in [0.15, 0.2) is 48.5 Å². The SMILES string of the molecule is Cc1ccc2nc(C)cc(Nc3ccccc3O)c2c1.Cl.Cl. The van der Waals surface area contributed by atoms with Crippen LogP contribution < -0.4 is 5.32 Å². The van der Waals surface area contributed by atoms with Gasteiger partial charge in [-0.05, 0) is 44.2 Å². The summed E-state index contributed by atoms with van der Waals surface area (Å²) in [5.74, 6) is 0.239. The van der Waals surface area contributed by atoms with Gasteiger partial charge in [0, 0.05) is 16.8 Å². The second kappa shape index (κ2) is 7.34. The van der Waals surface area contributed by atoms with Crippen molar-refractivity contribution in [2.75, 3.05) is 5.32 Å². The zero-order chi connectivity index (χ0) is 14.1. The highest BCUT2D eigenvalue weighted by atomic mass is 35.5. The van der Waals surface area contributed by atoms with Crippen LogP contribution in [0, 0.1) is 13.8 Å². The number of phenols is 1. The van der Waals surface area contributed by atoms with Gasteiger partial charge in [0.15, 0.2) is 0 Å². The summed E-state index contributed by atoms with van der Waals surface area (Å²) >= 11 is 0. The molecule has 0 amide bonds. The number of nitrogens with zero attached hydrogens (tertiary/aromatic N) is 1. The van der Waals surface area contributed by atoms with Crippen molar-refractivity contribution in [3.63, 3.8) is 0 Å². The van der Waals surface area contributed by atoms with Gasteiger partial charge < -0.3 is 10.4 Å². The van der Waals surface area contributed by atoms with Crippen LogP contribution >= 0.6 is 24.8 Å². The molecule has 0 radical (unpaired) electrons. The van der Waals surface area contributed by atoms with Crippen molar-refractivity contribution in [2.45, 2.75) is 13.8 Å². The third-order valence-electron chi connectivity index (χ3n) is 3.27. The number of aryl methyl sites for hydroxylation is 2. The molecule has 0 atom stereocenters. The second-order valence-corrected chi connectivity index (χ2v) is 4.97. The third kappa shape index (κ3) is 3.62. The van der Waals surface area contributed by atoms with E-state index < -0.39 is 0 Å². The Balaban J connectivity index is 0.00000121. The van der Waals surface area contributed by atoms with Crippen molar-refractivity contribution in [1.82, 2.24) is 4.98 Å². The number of phenolic OH excluding ortho intramolecular Hbond substituents is 1. The van der Waals surface area contributed by atoms with Gasteiger partial charge in [-0.2, -0.15) is 0 Å². The molecule has 1 heterocycles. The number of halogens is 2. The highest BCUT2D eigenvalue weighted by Gasteiger charge is 2.06. The largest absolute Gasteiger partial charge is 0.506 e. The number of fused-ring (bicyclic) bond motifs is 1. The smallest absolute Gasteiger partial charge is 0.139 e. The highest BCUT2D eigenvalue weighted by molar-refractivity contribution is 5.94. The fourth-order valence-electron chi connectivity index (χ4n) is 2.30. The predicted octanol–water partition coefficient (Wildman–Crippen LogP) is 5.14. The second-order valence-electron chi connectivity index (χ2n) is 4.97. The molecule has 0 aliphatic carbocycles. The molecule has 0 spiro atoms. The monoisotopic (exact) mass is 336 g/mol. The molecule has 22 heavy (non-hydrogen) atoms. The minimum atomic E-state index is 0. The first-order chi connectivity index (χ1) is 9.63. The molecular weight excluding hydrogens is 319 g/mol. The molecule has 0 aliphatic rings. The van der Waals surface area contributed by atoms with E-state index in [1.54, 1.807) is 12.1 Å². The number of aromatic nitrogens is 1. The fourth-order valence-corrected chi connectivity index (χ4v) is 2.30. The van der Waals surface area contributed by atoms with E-state index >= 15 is 0 Å². The molecule has 0 fully saturated rings. The van der Waals surface area contributed by atoms with Crippen molar-refractivity contribution < 1.29 is 5.11 Å². The number of rotatable bonds is 2. The Morgan fingerprint density at radius 1 is 0.909 bits per heavy atom. The maximum absolute atomic E-state index is 9.89. The number of hydrogen-bond acceptors (Lipinski definition) is 3. The van der Waals surface area contributed by atoms with E-state index in [0.29, 0.717) is 5.69 Å². The van der Waals surface area contributed by atoms with Gasteiger partial charge in [0.05, 0.1) is 11.2 Å². The van der Waals surface area contributed by atoms with E-state index in [0.717, 1.165) is 22.3 Å². The molecular formula is C17H18Cl2N2O. The van der Waals surface area contributed by atoms with Crippen LogP contribution in [0.25, 0.3) is 10.9 Å². The molecule has 116 valence electrons. The molecule has 0 bridgehead atoms. The van der Waals surface area contributed by atoms with E-state index in [1.807, 2.05) is 31.2 Å². The maximum atomic E-state index is 9.89. The summed E-state index contributed by atoms with van der Waals surface area (Å²) < 4.78 is 0. The standard InChI is InChI=1S/C17H16N2O.2ClH/c1-11-7-8-14-13(9-11)16(10-12(2)18-14)19-15-5-3-4-6-17(15)20;;/h3-10,20H,1-2H3,(H,18,19);2*1H. The summed E-state index contributed by atoms with van der Waals surface area (Å²) in [5, 5.41) is 14.2. The number of para-hydroxylation sites is 2. The van der Waals surface area contributed by atoms with Crippen LogP contribution in [0.1, 0.15) is 11.3 Å². The van der Waals surface area contributed by atoms with Crippen molar-refractivity contribution in [2.24, 2.45) is 0 Å². The summed E-state index contributed by atoms with van der Waals surface area (Å²) in [7, 11) is 0. The van der Waals surface area contributed by atoms with Crippen LogP contribution in [0.5, 0.6) is 5.75 Å². The molecule has 3 aromatic rings. The molecule has 0 saturated carbocycles. The highest BCUT2D eigenvalue weighted by Crippen LogP contribution is 2.31. The van der Waals surface area contributed by atoms with Gasteiger partial charge in [-0.25, -0.2) is 0 Å². The fraction of sp³-hybridized carbons (Fsp3) is 0.118. The molecule has 0 saturated heterocycles. The van der Waals surface area contributed by atoms with Gasteiger partial charge in [-0.15, -0.1) is 24.8 Å². The molecule has 0 unspecified atom stereocenters. The first-order valence-electron chi connectivity index (χ1n) is 6.56. The van der Waals surface area contributed by atoms with Crippen LogP contribution in [0.2, 0.25) is 0 Å². The lowest BCUT2D eigenvalue weighted by atomic mass is 10.1. The van der Waals surface area contributed by atoms with Crippen LogP contribution in [-0.4, -0.2) is 10.1 Å². The van der Waals surface area contributed by atoms with E-state index in [2.05, 4.69) is 29.4 Å². The third-order valence-corrected chi connectivity index (χ3v) is 3.27. The Hall–Kier alpha value is -1.97. The molecule has 2 aromatic carbocycles. The lowest BCUT2D eigenvalue weighted by molar-refractivity contribution is 0.478. The number of aromatic hydroxyl groups is 1. The van der Waals surface area contributed by atoms with Crippen molar-refractivity contribution in [3.05, 3.63) is 59.8 Å². The summed E-state index contributed by atoms with van der Waals surface area (Å²) in [4.78, 5) is 4.54. The van der Waals surface area contributed by atoms with Gasteiger partial charge in [0.2, 0.25) is 0 Å². The Morgan fingerprint density at radius 2 is 1.64 bits per heavy atom. The lowest BCUT2D eigenvalue weighted by Gasteiger charge is -2.12. The van der Waals surface area contributed by atoms with Crippen molar-refractivity contribution >= 4 is 47.1 Å². The Kier molecular flexibility index (Phi) is 6.03. The zero-order valence-electron chi connectivity index (χ0n) is 12.3. The number of hydrogen-bond donors (Lipinski definition) is 2. The summed E-state index contributed by atoms with van der Waals surface area (Å²) in [6.45, 7) is 4.03. The van der Waals surface area contributed by atoms with Crippen LogP contribution in [0.4, 0.5) is 11.4 Å². The number of benzene rings is 2. The average molecular weight is 337 g/mol. The predicted molar refractivity (Wildman–Crippen MR) is 97.1 cm³/mol. The summed E-state index contributed by atoms with van der Waals surface area (Å²) in [5.41, 5.74) is 4.73. The van der Waals surface area contributed by atoms with E-state index in [1.165, 1.54) is 5.56 Å². The lowest BCUT2D eigenvalue weighted by Crippen LogP contribution is -1.95. The first-order valence-corrected chi connectivity index (χ1v) is 6.56.